The quantitative estimate of drug-likeness (QED) is 0.422. The van der Waals surface area contributed by atoms with Crippen LogP contribution in [0.25, 0.3) is 11.1 Å². The van der Waals surface area contributed by atoms with Crippen LogP contribution in [0.2, 0.25) is 0 Å². The molecule has 1 atom stereocenters. The van der Waals surface area contributed by atoms with Crippen molar-refractivity contribution >= 4 is 27.8 Å². The number of primary sulfonamides is 1. The number of carbonyl (C=O) groups excluding carboxylic acids is 1. The molecule has 160 valence electrons. The van der Waals surface area contributed by atoms with E-state index in [0.29, 0.717) is 27.9 Å². The molecule has 0 aliphatic heterocycles. The van der Waals surface area contributed by atoms with Crippen LogP contribution in [-0.4, -0.2) is 25.6 Å². The average Bonchev–Trinajstić information content (AvgIpc) is 2.73. The Morgan fingerprint density at radius 2 is 1.77 bits per heavy atom. The Hall–Kier alpha value is -3.33. The van der Waals surface area contributed by atoms with Gasteiger partial charge in [0.15, 0.2) is 0 Å². The summed E-state index contributed by atoms with van der Waals surface area (Å²) >= 11 is 0. The highest BCUT2D eigenvalue weighted by molar-refractivity contribution is 7.89. The van der Waals surface area contributed by atoms with Gasteiger partial charge in [-0.15, -0.1) is 0 Å². The third-order valence-electron chi connectivity index (χ3n) is 4.85. The molecular formula is C23H23N3O4S. The van der Waals surface area contributed by atoms with Crippen LogP contribution in [0.1, 0.15) is 24.5 Å². The van der Waals surface area contributed by atoms with Gasteiger partial charge < -0.3 is 15.8 Å². The van der Waals surface area contributed by atoms with Crippen LogP contribution in [0.3, 0.4) is 0 Å². The zero-order valence-corrected chi connectivity index (χ0v) is 17.7. The molecule has 0 aliphatic carbocycles. The number of hydrogen-bond donors (Lipinski definition) is 4. The molecule has 0 saturated carbocycles. The molecule has 3 aromatic rings. The second kappa shape index (κ2) is 8.81. The fourth-order valence-electron chi connectivity index (χ4n) is 3.27. The fourth-order valence-corrected chi connectivity index (χ4v) is 4.03. The maximum atomic E-state index is 12.5. The summed E-state index contributed by atoms with van der Waals surface area (Å²) < 4.78 is 23.6. The van der Waals surface area contributed by atoms with Crippen LogP contribution < -0.4 is 10.5 Å². The molecule has 1 amide bonds. The van der Waals surface area contributed by atoms with Gasteiger partial charge in [0.05, 0.1) is 16.9 Å². The van der Waals surface area contributed by atoms with E-state index in [1.54, 1.807) is 73.7 Å². The van der Waals surface area contributed by atoms with Gasteiger partial charge in [0.1, 0.15) is 0 Å². The van der Waals surface area contributed by atoms with E-state index < -0.39 is 15.6 Å². The third kappa shape index (κ3) is 5.43. The zero-order valence-electron chi connectivity index (χ0n) is 16.9. The predicted octanol–water partition coefficient (Wildman–Crippen LogP) is 3.23. The van der Waals surface area contributed by atoms with Gasteiger partial charge in [-0.25, -0.2) is 13.6 Å². The minimum atomic E-state index is -3.87. The van der Waals surface area contributed by atoms with E-state index in [-0.39, 0.29) is 17.2 Å². The summed E-state index contributed by atoms with van der Waals surface area (Å²) in [5.74, 6) is -0.386. The minimum absolute atomic E-state index is 0.0231. The van der Waals surface area contributed by atoms with E-state index in [2.05, 4.69) is 5.32 Å². The van der Waals surface area contributed by atoms with Gasteiger partial charge in [0.2, 0.25) is 15.9 Å². The van der Waals surface area contributed by atoms with Crippen molar-refractivity contribution < 1.29 is 18.3 Å². The van der Waals surface area contributed by atoms with Crippen LogP contribution in [0.5, 0.6) is 0 Å². The van der Waals surface area contributed by atoms with Gasteiger partial charge in [0, 0.05) is 17.5 Å². The Morgan fingerprint density at radius 1 is 1.10 bits per heavy atom. The molecule has 3 rings (SSSR count). The van der Waals surface area contributed by atoms with Gasteiger partial charge in [-0.1, -0.05) is 48.5 Å². The molecule has 3 aromatic carbocycles. The number of amides is 1. The molecule has 0 fully saturated rings. The summed E-state index contributed by atoms with van der Waals surface area (Å²) in [6.45, 7) is 1.54. The second-order valence-corrected chi connectivity index (χ2v) is 8.92. The van der Waals surface area contributed by atoms with E-state index in [0.717, 1.165) is 0 Å². The van der Waals surface area contributed by atoms with E-state index in [4.69, 9.17) is 10.5 Å². The summed E-state index contributed by atoms with van der Waals surface area (Å²) in [6, 6.07) is 19.9. The molecule has 0 heterocycles. The molecule has 0 bridgehead atoms. The van der Waals surface area contributed by atoms with Crippen molar-refractivity contribution in [3.05, 3.63) is 83.9 Å². The number of anilines is 1. The van der Waals surface area contributed by atoms with Crippen molar-refractivity contribution in [2.45, 2.75) is 23.8 Å². The smallest absolute Gasteiger partial charge is 0.238 e. The summed E-state index contributed by atoms with van der Waals surface area (Å²) in [6.07, 6.45) is 1.000. The molecular weight excluding hydrogens is 414 g/mol. The van der Waals surface area contributed by atoms with Gasteiger partial charge in [-0.05, 0) is 47.9 Å². The zero-order chi connectivity index (χ0) is 22.6. The number of benzene rings is 3. The monoisotopic (exact) mass is 437 g/mol. The number of sulfonamides is 1. The molecule has 8 heteroatoms. The van der Waals surface area contributed by atoms with Crippen LogP contribution in [0, 0.1) is 5.41 Å². The average molecular weight is 438 g/mol. The molecule has 7 nitrogen and oxygen atoms in total. The van der Waals surface area contributed by atoms with Crippen molar-refractivity contribution in [1.29, 1.82) is 5.41 Å². The van der Waals surface area contributed by atoms with Crippen molar-refractivity contribution in [3.63, 3.8) is 0 Å². The van der Waals surface area contributed by atoms with Crippen LogP contribution in [0.4, 0.5) is 5.69 Å². The summed E-state index contributed by atoms with van der Waals surface area (Å²) in [5.41, 5.74) is 1.38. The Bertz CT molecular complexity index is 1220. The summed E-state index contributed by atoms with van der Waals surface area (Å²) in [5, 5.41) is 26.1. The molecule has 5 N–H and O–H groups in total. The van der Waals surface area contributed by atoms with Crippen molar-refractivity contribution in [2.75, 3.05) is 5.32 Å². The van der Waals surface area contributed by atoms with E-state index >= 15 is 0 Å². The molecule has 0 spiro atoms. The topological polar surface area (TPSA) is 133 Å². The minimum Gasteiger partial charge on any atom is -0.385 e. The first kappa shape index (κ1) is 22.4. The lowest BCUT2D eigenvalue weighted by Gasteiger charge is -2.23. The van der Waals surface area contributed by atoms with Gasteiger partial charge >= 0.3 is 0 Å². The van der Waals surface area contributed by atoms with Gasteiger partial charge in [-0.2, -0.15) is 0 Å². The van der Waals surface area contributed by atoms with Crippen molar-refractivity contribution in [3.8, 4) is 11.1 Å². The largest absolute Gasteiger partial charge is 0.385 e. The first-order chi connectivity index (χ1) is 14.6. The Labute approximate surface area is 181 Å². The molecule has 1 unspecified atom stereocenters. The Kier molecular flexibility index (Phi) is 6.35. The standard InChI is InChI=1S/C23H23N3O4S/c1-23(28,18-6-4-5-16(13-18)15-24)14-22(27)26-19-11-9-17(10-12-19)20-7-2-3-8-21(20)31(25,29)30/h2-13,15,24,28H,14H2,1H3,(H,26,27)(H2,25,29,30). The number of nitrogens with two attached hydrogens (primary N) is 1. The maximum Gasteiger partial charge on any atom is 0.238 e. The maximum absolute atomic E-state index is 12.5. The number of rotatable bonds is 7. The lowest BCUT2D eigenvalue weighted by Crippen LogP contribution is -2.28. The lowest BCUT2D eigenvalue weighted by atomic mass is 9.91. The summed E-state index contributed by atoms with van der Waals surface area (Å²) in [4.78, 5) is 12.5. The first-order valence-electron chi connectivity index (χ1n) is 9.46. The Balaban J connectivity index is 1.74. The highest BCUT2D eigenvalue weighted by Crippen LogP contribution is 2.29. The van der Waals surface area contributed by atoms with E-state index in [9.17, 15) is 18.3 Å². The lowest BCUT2D eigenvalue weighted by molar-refractivity contribution is -0.120. The van der Waals surface area contributed by atoms with Gasteiger partial charge in [0.25, 0.3) is 0 Å². The normalized spacial score (nSPS) is 13.3. The predicted molar refractivity (Wildman–Crippen MR) is 120 cm³/mol. The van der Waals surface area contributed by atoms with E-state index in [1.807, 2.05) is 0 Å². The third-order valence-corrected chi connectivity index (χ3v) is 5.82. The SMILES string of the molecule is CC(O)(CC(=O)Nc1ccc(-c2ccccc2S(N)(=O)=O)cc1)c1cccc(C=N)c1. The number of nitrogens with one attached hydrogen (secondary N) is 2. The van der Waals surface area contributed by atoms with Crippen LogP contribution >= 0.6 is 0 Å². The van der Waals surface area contributed by atoms with Crippen molar-refractivity contribution in [1.82, 2.24) is 0 Å². The van der Waals surface area contributed by atoms with Gasteiger partial charge in [-0.3, -0.25) is 4.79 Å². The fraction of sp³-hybridized carbons (Fsp3) is 0.130. The number of hydrogen-bond acceptors (Lipinski definition) is 5. The molecule has 0 saturated heterocycles. The molecule has 0 aliphatic rings. The first-order valence-corrected chi connectivity index (χ1v) is 11.0. The molecule has 0 aromatic heterocycles. The summed E-state index contributed by atoms with van der Waals surface area (Å²) in [7, 11) is -3.87. The molecule has 31 heavy (non-hydrogen) atoms. The highest BCUT2D eigenvalue weighted by atomic mass is 32.2. The number of aliphatic hydroxyl groups is 1. The second-order valence-electron chi connectivity index (χ2n) is 7.39. The van der Waals surface area contributed by atoms with E-state index in [1.165, 1.54) is 12.3 Å². The highest BCUT2D eigenvalue weighted by Gasteiger charge is 2.27. The number of carbonyl (C=O) groups is 1. The van der Waals surface area contributed by atoms with Crippen LogP contribution in [0.15, 0.2) is 77.7 Å². The molecule has 0 radical (unpaired) electrons. The van der Waals surface area contributed by atoms with Crippen molar-refractivity contribution in [2.24, 2.45) is 5.14 Å². The van der Waals surface area contributed by atoms with Crippen LogP contribution in [-0.2, 0) is 20.4 Å². The Morgan fingerprint density at radius 3 is 2.42 bits per heavy atom.